The van der Waals surface area contributed by atoms with Crippen molar-refractivity contribution in [1.29, 1.82) is 0 Å². The Hall–Kier alpha value is -2.29. The molecule has 3 heterocycles. The SMILES string of the molecule is C=CCNc1nnc(Sc2ncnc3sc(-c4ccccc4)cc23)s1. The average Bonchev–Trinajstić information content (AvgIpc) is 3.28. The largest absolute Gasteiger partial charge is 0.357 e. The lowest BCUT2D eigenvalue weighted by atomic mass is 10.2. The third kappa shape index (κ3) is 3.55. The van der Waals surface area contributed by atoms with E-state index in [0.29, 0.717) is 6.54 Å². The van der Waals surface area contributed by atoms with Crippen molar-refractivity contribution in [1.82, 2.24) is 20.2 Å². The molecular formula is C17H13N5S3. The number of thiophene rings is 1. The normalized spacial score (nSPS) is 10.9. The first-order chi connectivity index (χ1) is 12.3. The second-order valence-electron chi connectivity index (χ2n) is 5.02. The number of anilines is 1. The molecule has 0 bridgehead atoms. The van der Waals surface area contributed by atoms with Crippen LogP contribution < -0.4 is 5.32 Å². The Labute approximate surface area is 156 Å². The van der Waals surface area contributed by atoms with Gasteiger partial charge >= 0.3 is 0 Å². The summed E-state index contributed by atoms with van der Waals surface area (Å²) in [7, 11) is 0. The maximum atomic E-state index is 4.44. The van der Waals surface area contributed by atoms with Gasteiger partial charge in [-0.25, -0.2) is 9.97 Å². The van der Waals surface area contributed by atoms with E-state index in [-0.39, 0.29) is 0 Å². The Morgan fingerprint density at radius 3 is 2.84 bits per heavy atom. The molecule has 0 radical (unpaired) electrons. The van der Waals surface area contributed by atoms with Crippen molar-refractivity contribution in [3.05, 3.63) is 55.4 Å². The van der Waals surface area contributed by atoms with E-state index in [1.165, 1.54) is 33.5 Å². The van der Waals surface area contributed by atoms with E-state index in [9.17, 15) is 0 Å². The van der Waals surface area contributed by atoms with Crippen LogP contribution in [-0.2, 0) is 0 Å². The maximum absolute atomic E-state index is 4.44. The summed E-state index contributed by atoms with van der Waals surface area (Å²) in [6.07, 6.45) is 3.40. The highest BCUT2D eigenvalue weighted by Crippen LogP contribution is 2.39. The van der Waals surface area contributed by atoms with Crippen molar-refractivity contribution < 1.29 is 0 Å². The van der Waals surface area contributed by atoms with Gasteiger partial charge in [0.15, 0.2) is 4.34 Å². The standard InChI is InChI=1S/C17H13N5S3/c1-2-8-18-16-21-22-17(25-16)24-15-12-9-13(11-6-4-3-5-7-11)23-14(12)19-10-20-15/h2-7,9-10H,1,8H2,(H,18,21). The van der Waals surface area contributed by atoms with Gasteiger partial charge in [0.1, 0.15) is 16.2 Å². The molecule has 5 nitrogen and oxygen atoms in total. The number of nitrogens with one attached hydrogen (secondary N) is 1. The molecule has 3 aromatic heterocycles. The molecule has 25 heavy (non-hydrogen) atoms. The third-order valence-corrected chi connectivity index (χ3v) is 6.38. The molecule has 124 valence electrons. The van der Waals surface area contributed by atoms with E-state index in [0.717, 1.165) is 24.7 Å². The van der Waals surface area contributed by atoms with E-state index in [1.807, 2.05) is 18.2 Å². The third-order valence-electron chi connectivity index (χ3n) is 3.34. The van der Waals surface area contributed by atoms with E-state index in [4.69, 9.17) is 0 Å². The Morgan fingerprint density at radius 2 is 2.00 bits per heavy atom. The van der Waals surface area contributed by atoms with Crippen LogP contribution in [0.5, 0.6) is 0 Å². The number of hydrogen-bond acceptors (Lipinski definition) is 8. The number of rotatable bonds is 6. The average molecular weight is 384 g/mol. The predicted molar refractivity (Wildman–Crippen MR) is 106 cm³/mol. The molecule has 0 fully saturated rings. The second-order valence-corrected chi connectivity index (χ2v) is 8.26. The monoisotopic (exact) mass is 383 g/mol. The number of fused-ring (bicyclic) bond motifs is 1. The molecule has 0 atom stereocenters. The summed E-state index contributed by atoms with van der Waals surface area (Å²) in [6.45, 7) is 4.35. The van der Waals surface area contributed by atoms with Crippen molar-refractivity contribution in [2.24, 2.45) is 0 Å². The van der Waals surface area contributed by atoms with Crippen LogP contribution in [0.4, 0.5) is 5.13 Å². The minimum Gasteiger partial charge on any atom is -0.357 e. The lowest BCUT2D eigenvalue weighted by Gasteiger charge is -1.97. The number of aromatic nitrogens is 4. The van der Waals surface area contributed by atoms with Crippen molar-refractivity contribution in [2.45, 2.75) is 9.37 Å². The van der Waals surface area contributed by atoms with Crippen LogP contribution in [0.3, 0.4) is 0 Å². The first-order valence-electron chi connectivity index (χ1n) is 7.49. The van der Waals surface area contributed by atoms with E-state index in [1.54, 1.807) is 23.7 Å². The number of benzene rings is 1. The van der Waals surface area contributed by atoms with Gasteiger partial charge < -0.3 is 5.32 Å². The molecule has 4 aromatic rings. The van der Waals surface area contributed by atoms with Gasteiger partial charge in [-0.1, -0.05) is 47.7 Å². The van der Waals surface area contributed by atoms with Gasteiger partial charge in [0, 0.05) is 16.8 Å². The molecule has 0 saturated carbocycles. The lowest BCUT2D eigenvalue weighted by Crippen LogP contribution is -1.96. The molecule has 0 aliphatic heterocycles. The van der Waals surface area contributed by atoms with Crippen LogP contribution in [0.25, 0.3) is 20.7 Å². The van der Waals surface area contributed by atoms with E-state index < -0.39 is 0 Å². The summed E-state index contributed by atoms with van der Waals surface area (Å²) in [5.41, 5.74) is 1.19. The highest BCUT2D eigenvalue weighted by atomic mass is 32.2. The summed E-state index contributed by atoms with van der Waals surface area (Å²) < 4.78 is 0.846. The quantitative estimate of drug-likeness (QED) is 0.375. The zero-order valence-electron chi connectivity index (χ0n) is 13.0. The molecule has 0 spiro atoms. The highest BCUT2D eigenvalue weighted by molar-refractivity contribution is 8.01. The minimum atomic E-state index is 0.669. The van der Waals surface area contributed by atoms with Gasteiger partial charge in [-0.05, 0) is 23.4 Å². The second kappa shape index (κ2) is 7.30. The molecule has 8 heteroatoms. The highest BCUT2D eigenvalue weighted by Gasteiger charge is 2.13. The van der Waals surface area contributed by atoms with E-state index in [2.05, 4.69) is 50.3 Å². The fourth-order valence-corrected chi connectivity index (χ4v) is 5.03. The molecular weight excluding hydrogens is 370 g/mol. The van der Waals surface area contributed by atoms with Gasteiger partial charge in [-0.15, -0.1) is 28.1 Å². The Morgan fingerprint density at radius 1 is 1.12 bits per heavy atom. The van der Waals surface area contributed by atoms with Gasteiger partial charge in [0.25, 0.3) is 0 Å². The van der Waals surface area contributed by atoms with Crippen LogP contribution in [0.1, 0.15) is 0 Å². The fourth-order valence-electron chi connectivity index (χ4n) is 2.22. The van der Waals surface area contributed by atoms with Gasteiger partial charge in [0.2, 0.25) is 5.13 Å². The zero-order chi connectivity index (χ0) is 17.1. The molecule has 4 rings (SSSR count). The first-order valence-corrected chi connectivity index (χ1v) is 9.94. The van der Waals surface area contributed by atoms with Crippen LogP contribution in [0, 0.1) is 0 Å². The number of nitrogens with zero attached hydrogens (tertiary/aromatic N) is 4. The molecule has 0 aliphatic carbocycles. The van der Waals surface area contributed by atoms with Gasteiger partial charge in [0.05, 0.1) is 0 Å². The Balaban J connectivity index is 1.64. The summed E-state index contributed by atoms with van der Waals surface area (Å²) in [5.74, 6) is 0. The summed E-state index contributed by atoms with van der Waals surface area (Å²) in [5, 5.41) is 14.2. The van der Waals surface area contributed by atoms with Crippen LogP contribution in [-0.4, -0.2) is 26.7 Å². The minimum absolute atomic E-state index is 0.669. The molecule has 0 aliphatic rings. The summed E-state index contributed by atoms with van der Waals surface area (Å²) >= 11 is 4.69. The Kier molecular flexibility index (Phi) is 4.73. The van der Waals surface area contributed by atoms with Crippen LogP contribution in [0.2, 0.25) is 0 Å². The molecule has 1 aromatic carbocycles. The van der Waals surface area contributed by atoms with Crippen LogP contribution >= 0.6 is 34.4 Å². The summed E-state index contributed by atoms with van der Waals surface area (Å²) in [6, 6.07) is 12.5. The smallest absolute Gasteiger partial charge is 0.206 e. The lowest BCUT2D eigenvalue weighted by molar-refractivity contribution is 1.00. The molecule has 0 amide bonds. The molecule has 1 N–H and O–H groups in total. The van der Waals surface area contributed by atoms with Crippen molar-refractivity contribution >= 4 is 49.8 Å². The molecule has 0 saturated heterocycles. The van der Waals surface area contributed by atoms with Crippen molar-refractivity contribution in [3.8, 4) is 10.4 Å². The van der Waals surface area contributed by atoms with Gasteiger partial charge in [-0.2, -0.15) is 0 Å². The van der Waals surface area contributed by atoms with Crippen LogP contribution in [0.15, 0.2) is 64.7 Å². The van der Waals surface area contributed by atoms with Crippen molar-refractivity contribution in [3.63, 3.8) is 0 Å². The predicted octanol–water partition coefficient (Wildman–Crippen LogP) is 4.96. The van der Waals surface area contributed by atoms with Gasteiger partial charge in [-0.3, -0.25) is 0 Å². The zero-order valence-corrected chi connectivity index (χ0v) is 15.5. The maximum Gasteiger partial charge on any atom is 0.206 e. The number of hydrogen-bond donors (Lipinski definition) is 1. The topological polar surface area (TPSA) is 63.6 Å². The molecule has 0 unspecified atom stereocenters. The summed E-state index contributed by atoms with van der Waals surface area (Å²) in [4.78, 5) is 11.0. The fraction of sp³-hybridized carbons (Fsp3) is 0.0588. The Bertz CT molecular complexity index is 1010. The van der Waals surface area contributed by atoms with Crippen molar-refractivity contribution in [2.75, 3.05) is 11.9 Å². The first kappa shape index (κ1) is 16.2. The van der Waals surface area contributed by atoms with E-state index >= 15 is 0 Å².